The van der Waals surface area contributed by atoms with E-state index in [1.807, 2.05) is 5.48 Å². The zero-order chi connectivity index (χ0) is 15.3. The number of aliphatic carboxylic acids is 1. The third-order valence-electron chi connectivity index (χ3n) is 4.04. The molecule has 1 aliphatic rings. The molecule has 114 valence electrons. The molecule has 0 aromatic carbocycles. The van der Waals surface area contributed by atoms with Gasteiger partial charge < -0.3 is 9.94 Å². The van der Waals surface area contributed by atoms with Gasteiger partial charge in [-0.1, -0.05) is 27.2 Å². The van der Waals surface area contributed by atoms with Gasteiger partial charge in [0.25, 0.3) is 5.91 Å². The minimum atomic E-state index is -1.73. The molecule has 3 atom stereocenters. The molecule has 1 aliphatic carbocycles. The average Bonchev–Trinajstić information content (AvgIpc) is 2.35. The van der Waals surface area contributed by atoms with Crippen molar-refractivity contribution in [2.75, 3.05) is 0 Å². The molecule has 1 saturated carbocycles. The van der Waals surface area contributed by atoms with E-state index in [1.54, 1.807) is 0 Å². The summed E-state index contributed by atoms with van der Waals surface area (Å²) in [6, 6.07) is 0. The first-order valence-corrected chi connectivity index (χ1v) is 7.04. The van der Waals surface area contributed by atoms with Crippen molar-refractivity contribution in [1.82, 2.24) is 5.48 Å². The fourth-order valence-electron chi connectivity index (χ4n) is 3.06. The molecular weight excluding hydrogens is 262 g/mol. The van der Waals surface area contributed by atoms with Gasteiger partial charge in [0, 0.05) is 6.42 Å². The molecule has 0 radical (unpaired) electrons. The number of hydroxylamine groups is 1. The van der Waals surface area contributed by atoms with E-state index in [1.165, 1.54) is 6.42 Å². The van der Waals surface area contributed by atoms with E-state index in [9.17, 15) is 14.4 Å². The number of rotatable bonds is 3. The van der Waals surface area contributed by atoms with Crippen LogP contribution in [-0.4, -0.2) is 23.0 Å². The standard InChI is InChI=1S/C14H23NO5/c1-8(2)11-5-4-9(3)6-10(11)7-12(16)15-20-14(19)13(17)18/h8-11H,4-7H2,1-3H3,(H,15,16)(H,17,18). The van der Waals surface area contributed by atoms with Crippen LogP contribution in [0.25, 0.3) is 0 Å². The highest BCUT2D eigenvalue weighted by atomic mass is 16.7. The van der Waals surface area contributed by atoms with Gasteiger partial charge in [0.05, 0.1) is 0 Å². The monoisotopic (exact) mass is 285 g/mol. The van der Waals surface area contributed by atoms with Crippen LogP contribution in [-0.2, 0) is 19.2 Å². The van der Waals surface area contributed by atoms with Gasteiger partial charge in [0.2, 0.25) is 0 Å². The van der Waals surface area contributed by atoms with Crippen LogP contribution in [0.4, 0.5) is 0 Å². The highest BCUT2D eigenvalue weighted by molar-refractivity contribution is 6.28. The third kappa shape index (κ3) is 4.83. The summed E-state index contributed by atoms with van der Waals surface area (Å²) in [5, 5.41) is 8.34. The smallest absolute Gasteiger partial charge is 0.441 e. The van der Waals surface area contributed by atoms with Crippen molar-refractivity contribution in [3.05, 3.63) is 0 Å². The lowest BCUT2D eigenvalue weighted by atomic mass is 9.69. The summed E-state index contributed by atoms with van der Waals surface area (Å²) in [4.78, 5) is 36.9. The van der Waals surface area contributed by atoms with Crippen molar-refractivity contribution in [2.24, 2.45) is 23.7 Å². The average molecular weight is 285 g/mol. The maximum atomic E-state index is 11.7. The lowest BCUT2D eigenvalue weighted by molar-refractivity contribution is -0.171. The van der Waals surface area contributed by atoms with Crippen LogP contribution in [0.2, 0.25) is 0 Å². The van der Waals surface area contributed by atoms with E-state index in [-0.39, 0.29) is 12.3 Å². The van der Waals surface area contributed by atoms with Crippen LogP contribution in [0.1, 0.15) is 46.5 Å². The molecular formula is C14H23NO5. The predicted octanol–water partition coefficient (Wildman–Crippen LogP) is 1.74. The van der Waals surface area contributed by atoms with Gasteiger partial charge in [-0.2, -0.15) is 5.48 Å². The summed E-state index contributed by atoms with van der Waals surface area (Å²) >= 11 is 0. The number of hydrogen-bond acceptors (Lipinski definition) is 4. The number of hydrogen-bond donors (Lipinski definition) is 2. The Balaban J connectivity index is 2.49. The molecule has 0 saturated heterocycles. The molecule has 20 heavy (non-hydrogen) atoms. The summed E-state index contributed by atoms with van der Waals surface area (Å²) < 4.78 is 0. The second kappa shape index (κ2) is 7.26. The summed E-state index contributed by atoms with van der Waals surface area (Å²) in [7, 11) is 0. The first-order valence-electron chi connectivity index (χ1n) is 7.04. The van der Waals surface area contributed by atoms with E-state index in [2.05, 4.69) is 25.6 Å². The second-order valence-corrected chi connectivity index (χ2v) is 6.01. The largest absolute Gasteiger partial charge is 0.473 e. The molecule has 3 unspecified atom stereocenters. The number of nitrogens with one attached hydrogen (secondary N) is 1. The van der Waals surface area contributed by atoms with Crippen LogP contribution < -0.4 is 5.48 Å². The Labute approximate surface area is 118 Å². The summed E-state index contributed by atoms with van der Waals surface area (Å²) in [6.07, 6.45) is 3.52. The highest BCUT2D eigenvalue weighted by Gasteiger charge is 2.32. The van der Waals surface area contributed by atoms with Gasteiger partial charge in [-0.05, 0) is 36.5 Å². The minimum absolute atomic E-state index is 0.252. The maximum Gasteiger partial charge on any atom is 0.441 e. The van der Waals surface area contributed by atoms with E-state index >= 15 is 0 Å². The SMILES string of the molecule is CC1CCC(C(C)C)C(CC(=O)NOC(=O)C(=O)O)C1. The lowest BCUT2D eigenvalue weighted by Crippen LogP contribution is -2.35. The van der Waals surface area contributed by atoms with Crippen molar-refractivity contribution in [3.8, 4) is 0 Å². The molecule has 0 bridgehead atoms. The molecule has 1 rings (SSSR count). The molecule has 0 aromatic heterocycles. The number of carboxylic acids is 1. The van der Waals surface area contributed by atoms with Gasteiger partial charge in [-0.25, -0.2) is 9.59 Å². The molecule has 0 heterocycles. The first-order chi connectivity index (χ1) is 9.31. The van der Waals surface area contributed by atoms with Crippen molar-refractivity contribution >= 4 is 17.8 Å². The number of carbonyl (C=O) groups excluding carboxylic acids is 2. The summed E-state index contributed by atoms with van der Waals surface area (Å²) in [5.74, 6) is -1.82. The molecule has 6 heteroatoms. The fourth-order valence-corrected chi connectivity index (χ4v) is 3.06. The predicted molar refractivity (Wildman–Crippen MR) is 71.3 cm³/mol. The Kier molecular flexibility index (Phi) is 5.98. The zero-order valence-corrected chi connectivity index (χ0v) is 12.2. The van der Waals surface area contributed by atoms with Gasteiger partial charge in [-0.3, -0.25) is 4.79 Å². The number of amides is 1. The summed E-state index contributed by atoms with van der Waals surface area (Å²) in [6.45, 7) is 6.47. The molecule has 2 N–H and O–H groups in total. The van der Waals surface area contributed by atoms with Crippen LogP contribution in [0.15, 0.2) is 0 Å². The van der Waals surface area contributed by atoms with E-state index in [4.69, 9.17) is 5.11 Å². The highest BCUT2D eigenvalue weighted by Crippen LogP contribution is 2.39. The molecule has 0 aliphatic heterocycles. The Bertz CT molecular complexity index is 380. The van der Waals surface area contributed by atoms with E-state index in [0.717, 1.165) is 12.8 Å². The van der Waals surface area contributed by atoms with Crippen LogP contribution in [0, 0.1) is 23.7 Å². The second-order valence-electron chi connectivity index (χ2n) is 6.01. The van der Waals surface area contributed by atoms with Gasteiger partial charge >= 0.3 is 11.9 Å². The van der Waals surface area contributed by atoms with Gasteiger partial charge in [0.1, 0.15) is 0 Å². The Morgan fingerprint density at radius 1 is 1.30 bits per heavy atom. The molecule has 0 spiro atoms. The number of carbonyl (C=O) groups is 3. The van der Waals surface area contributed by atoms with Gasteiger partial charge in [-0.15, -0.1) is 0 Å². The quantitative estimate of drug-likeness (QED) is 0.608. The summed E-state index contributed by atoms with van der Waals surface area (Å²) in [5.41, 5.74) is 1.92. The van der Waals surface area contributed by atoms with Gasteiger partial charge in [0.15, 0.2) is 0 Å². The lowest BCUT2D eigenvalue weighted by Gasteiger charge is -2.37. The van der Waals surface area contributed by atoms with Crippen molar-refractivity contribution in [1.29, 1.82) is 0 Å². The van der Waals surface area contributed by atoms with Crippen LogP contribution in [0.5, 0.6) is 0 Å². The topological polar surface area (TPSA) is 92.7 Å². The van der Waals surface area contributed by atoms with Crippen molar-refractivity contribution in [2.45, 2.75) is 46.5 Å². The zero-order valence-electron chi connectivity index (χ0n) is 12.2. The fraction of sp³-hybridized carbons (Fsp3) is 0.786. The Morgan fingerprint density at radius 3 is 2.50 bits per heavy atom. The van der Waals surface area contributed by atoms with Crippen LogP contribution in [0.3, 0.4) is 0 Å². The Morgan fingerprint density at radius 2 is 1.95 bits per heavy atom. The van der Waals surface area contributed by atoms with Crippen molar-refractivity contribution < 1.29 is 24.3 Å². The number of carboxylic acid groups (broad SMARTS) is 1. The molecule has 1 amide bonds. The Hall–Kier alpha value is -1.59. The van der Waals surface area contributed by atoms with Crippen LogP contribution >= 0.6 is 0 Å². The maximum absolute atomic E-state index is 11.7. The molecule has 1 fully saturated rings. The normalized spacial score (nSPS) is 26.1. The minimum Gasteiger partial charge on any atom is -0.473 e. The van der Waals surface area contributed by atoms with E-state index < -0.39 is 17.8 Å². The first kappa shape index (κ1) is 16.5. The van der Waals surface area contributed by atoms with Crippen molar-refractivity contribution in [3.63, 3.8) is 0 Å². The molecule has 0 aromatic rings. The van der Waals surface area contributed by atoms with E-state index in [0.29, 0.717) is 17.8 Å². The third-order valence-corrected chi connectivity index (χ3v) is 4.04. The molecule has 6 nitrogen and oxygen atoms in total.